The molecule has 0 aliphatic heterocycles. The van der Waals surface area contributed by atoms with Gasteiger partial charge in [-0.1, -0.05) is 85.8 Å². The fourth-order valence-corrected chi connectivity index (χ4v) is 3.04. The zero-order valence-electron chi connectivity index (χ0n) is 12.1. The lowest BCUT2D eigenvalue weighted by molar-refractivity contribution is 0.725. The molecule has 2 atom stereocenters. The normalized spacial score (nSPS) is 21.4. The van der Waals surface area contributed by atoms with Gasteiger partial charge in [-0.2, -0.15) is 0 Å². The molecule has 2 aromatic rings. The van der Waals surface area contributed by atoms with Crippen molar-refractivity contribution < 1.29 is 0 Å². The molecule has 106 valence electrons. The van der Waals surface area contributed by atoms with Crippen LogP contribution in [-0.2, 0) is 0 Å². The molecule has 2 aromatic carbocycles. The molecule has 0 heterocycles. The van der Waals surface area contributed by atoms with Gasteiger partial charge in [0.15, 0.2) is 0 Å². The van der Waals surface area contributed by atoms with Crippen molar-refractivity contribution in [3.63, 3.8) is 0 Å². The molecule has 0 aromatic heterocycles. The molecule has 0 bridgehead atoms. The van der Waals surface area contributed by atoms with Crippen LogP contribution in [0.5, 0.6) is 0 Å². The average Bonchev–Trinajstić information content (AvgIpc) is 2.53. The van der Waals surface area contributed by atoms with Crippen LogP contribution in [0.15, 0.2) is 84.5 Å². The van der Waals surface area contributed by atoms with E-state index in [-0.39, 0.29) is 11.3 Å². The first-order valence-corrected chi connectivity index (χ1v) is 7.83. The predicted molar refractivity (Wildman–Crippen MR) is 90.8 cm³/mol. The first kappa shape index (κ1) is 14.2. The van der Waals surface area contributed by atoms with E-state index in [0.29, 0.717) is 5.92 Å². The van der Waals surface area contributed by atoms with E-state index in [1.54, 1.807) is 0 Å². The van der Waals surface area contributed by atoms with Gasteiger partial charge < -0.3 is 0 Å². The van der Waals surface area contributed by atoms with E-state index < -0.39 is 0 Å². The molecule has 0 fully saturated rings. The van der Waals surface area contributed by atoms with Gasteiger partial charge in [0.2, 0.25) is 0 Å². The van der Waals surface area contributed by atoms with Gasteiger partial charge in [-0.15, -0.1) is 11.6 Å². The topological polar surface area (TPSA) is 0 Å². The fraction of sp³-hybridized carbons (Fsp3) is 0.200. The molecule has 1 aliphatic rings. The van der Waals surface area contributed by atoms with Gasteiger partial charge in [-0.05, 0) is 22.6 Å². The van der Waals surface area contributed by atoms with Crippen LogP contribution >= 0.6 is 11.6 Å². The van der Waals surface area contributed by atoms with Crippen molar-refractivity contribution in [3.05, 3.63) is 95.6 Å². The highest BCUT2D eigenvalue weighted by atomic mass is 35.5. The highest BCUT2D eigenvalue weighted by Gasteiger charge is 2.22. The summed E-state index contributed by atoms with van der Waals surface area (Å²) in [6, 6.07) is 21.3. The van der Waals surface area contributed by atoms with Crippen molar-refractivity contribution in [2.24, 2.45) is 5.92 Å². The van der Waals surface area contributed by atoms with Crippen molar-refractivity contribution >= 4 is 11.6 Å². The van der Waals surface area contributed by atoms with Gasteiger partial charge in [0, 0.05) is 5.92 Å². The van der Waals surface area contributed by atoms with Gasteiger partial charge >= 0.3 is 0 Å². The van der Waals surface area contributed by atoms with Gasteiger partial charge in [0.1, 0.15) is 0 Å². The Kier molecular flexibility index (Phi) is 4.26. The van der Waals surface area contributed by atoms with Crippen LogP contribution in [0.4, 0.5) is 0 Å². The summed E-state index contributed by atoms with van der Waals surface area (Å²) >= 11 is 6.30. The Bertz CT molecular complexity index is 601. The summed E-state index contributed by atoms with van der Waals surface area (Å²) in [6.45, 7) is 2.17. The largest absolute Gasteiger partial charge is 0.118 e. The lowest BCUT2D eigenvalue weighted by Crippen LogP contribution is -2.14. The minimum absolute atomic E-state index is 0.0981. The SMILES string of the molecule is CC1C=C(C(c2ccccc2)c2ccccc2)C=CC1Cl. The smallest absolute Gasteiger partial charge is 0.0579 e. The number of allylic oxidation sites excluding steroid dienone is 4. The summed E-state index contributed by atoms with van der Waals surface area (Å²) in [6.07, 6.45) is 6.60. The van der Waals surface area contributed by atoms with E-state index in [9.17, 15) is 0 Å². The van der Waals surface area contributed by atoms with Crippen molar-refractivity contribution in [2.45, 2.75) is 18.2 Å². The third-order valence-electron chi connectivity index (χ3n) is 4.03. The first-order chi connectivity index (χ1) is 10.3. The van der Waals surface area contributed by atoms with Crippen LogP contribution in [-0.4, -0.2) is 5.38 Å². The van der Waals surface area contributed by atoms with Gasteiger partial charge in [0.05, 0.1) is 5.38 Å². The van der Waals surface area contributed by atoms with E-state index in [0.717, 1.165) is 0 Å². The maximum Gasteiger partial charge on any atom is 0.0579 e. The highest BCUT2D eigenvalue weighted by molar-refractivity contribution is 6.22. The quantitative estimate of drug-likeness (QED) is 0.650. The number of rotatable bonds is 3. The monoisotopic (exact) mass is 294 g/mol. The zero-order valence-corrected chi connectivity index (χ0v) is 12.9. The molecule has 0 nitrogen and oxygen atoms in total. The number of alkyl halides is 1. The predicted octanol–water partition coefficient (Wildman–Crippen LogP) is 5.56. The molecule has 0 saturated carbocycles. The molecule has 0 N–H and O–H groups in total. The minimum atomic E-state index is 0.0981. The van der Waals surface area contributed by atoms with Crippen molar-refractivity contribution in [1.29, 1.82) is 0 Å². The van der Waals surface area contributed by atoms with Crippen LogP contribution < -0.4 is 0 Å². The molecular formula is C20H19Cl. The lowest BCUT2D eigenvalue weighted by atomic mass is 9.81. The van der Waals surface area contributed by atoms with Crippen LogP contribution in [0.25, 0.3) is 0 Å². The molecule has 1 aliphatic carbocycles. The van der Waals surface area contributed by atoms with Crippen LogP contribution in [0.3, 0.4) is 0 Å². The summed E-state index contributed by atoms with van der Waals surface area (Å²) in [5, 5.41) is 0.0981. The summed E-state index contributed by atoms with van der Waals surface area (Å²) < 4.78 is 0. The maximum absolute atomic E-state index is 6.30. The van der Waals surface area contributed by atoms with E-state index in [1.807, 2.05) is 0 Å². The van der Waals surface area contributed by atoms with E-state index in [1.165, 1.54) is 16.7 Å². The second kappa shape index (κ2) is 6.32. The van der Waals surface area contributed by atoms with Gasteiger partial charge in [-0.25, -0.2) is 0 Å². The van der Waals surface area contributed by atoms with Gasteiger partial charge in [-0.3, -0.25) is 0 Å². The summed E-state index contributed by atoms with van der Waals surface area (Å²) in [5.74, 6) is 0.636. The van der Waals surface area contributed by atoms with E-state index in [2.05, 4.69) is 85.8 Å². The molecule has 1 heteroatoms. The molecular weight excluding hydrogens is 276 g/mol. The average molecular weight is 295 g/mol. The van der Waals surface area contributed by atoms with Gasteiger partial charge in [0.25, 0.3) is 0 Å². The molecule has 0 radical (unpaired) electrons. The Morgan fingerprint density at radius 2 is 1.38 bits per heavy atom. The second-order valence-electron chi connectivity index (χ2n) is 5.58. The Morgan fingerprint density at radius 3 is 1.86 bits per heavy atom. The Balaban J connectivity index is 2.06. The second-order valence-corrected chi connectivity index (χ2v) is 6.09. The van der Waals surface area contributed by atoms with Crippen molar-refractivity contribution in [1.82, 2.24) is 0 Å². The Hall–Kier alpha value is -1.79. The minimum Gasteiger partial charge on any atom is -0.118 e. The number of benzene rings is 2. The standard InChI is InChI=1S/C20H19Cl/c1-15-14-18(12-13-19(15)21)20(16-8-4-2-5-9-16)17-10-6-3-7-11-17/h2-15,19-20H,1H3. The lowest BCUT2D eigenvalue weighted by Gasteiger charge is -2.25. The molecule has 2 unspecified atom stereocenters. The molecule has 21 heavy (non-hydrogen) atoms. The summed E-state index contributed by atoms with van der Waals surface area (Å²) in [7, 11) is 0. The zero-order chi connectivity index (χ0) is 14.7. The third kappa shape index (κ3) is 3.11. The van der Waals surface area contributed by atoms with E-state index in [4.69, 9.17) is 11.6 Å². The first-order valence-electron chi connectivity index (χ1n) is 7.39. The van der Waals surface area contributed by atoms with Crippen LogP contribution in [0.1, 0.15) is 24.0 Å². The molecule has 0 saturated heterocycles. The summed E-state index contributed by atoms with van der Waals surface area (Å²) in [4.78, 5) is 0. The van der Waals surface area contributed by atoms with Crippen LogP contribution in [0, 0.1) is 5.92 Å². The highest BCUT2D eigenvalue weighted by Crippen LogP contribution is 2.36. The fourth-order valence-electron chi connectivity index (χ4n) is 2.89. The van der Waals surface area contributed by atoms with Crippen LogP contribution in [0.2, 0.25) is 0 Å². The number of hydrogen-bond donors (Lipinski definition) is 0. The number of halogens is 1. The van der Waals surface area contributed by atoms with Crippen molar-refractivity contribution in [2.75, 3.05) is 0 Å². The molecule has 0 spiro atoms. The third-order valence-corrected chi connectivity index (χ3v) is 4.57. The Labute approximate surface area is 131 Å². The maximum atomic E-state index is 6.30. The Morgan fingerprint density at radius 1 is 0.857 bits per heavy atom. The van der Waals surface area contributed by atoms with E-state index >= 15 is 0 Å². The van der Waals surface area contributed by atoms with Crippen molar-refractivity contribution in [3.8, 4) is 0 Å². The number of hydrogen-bond acceptors (Lipinski definition) is 0. The summed E-state index contributed by atoms with van der Waals surface area (Å²) in [5.41, 5.74) is 3.97. The molecule has 3 rings (SSSR count). The molecule has 0 amide bonds.